The minimum absolute atomic E-state index is 0.185. The highest BCUT2D eigenvalue weighted by Crippen LogP contribution is 2.06. The molecule has 4 heteroatoms. The molecule has 1 N–H and O–H groups in total. The van der Waals surface area contributed by atoms with E-state index >= 15 is 0 Å². The van der Waals surface area contributed by atoms with E-state index in [0.717, 1.165) is 26.1 Å². The van der Waals surface area contributed by atoms with Crippen molar-refractivity contribution in [2.75, 3.05) is 33.4 Å². The van der Waals surface area contributed by atoms with Crippen molar-refractivity contribution in [2.45, 2.75) is 38.6 Å². The van der Waals surface area contributed by atoms with Crippen LogP contribution < -0.4 is 5.32 Å². The molecular formula is C12H24N2O2. The van der Waals surface area contributed by atoms with E-state index in [1.165, 1.54) is 12.8 Å². The third-order valence-electron chi connectivity index (χ3n) is 2.89. The van der Waals surface area contributed by atoms with E-state index < -0.39 is 0 Å². The van der Waals surface area contributed by atoms with Crippen LogP contribution in [0.1, 0.15) is 32.6 Å². The van der Waals surface area contributed by atoms with Gasteiger partial charge in [-0.2, -0.15) is 0 Å². The molecular weight excluding hydrogens is 204 g/mol. The van der Waals surface area contributed by atoms with Gasteiger partial charge < -0.3 is 15.0 Å². The van der Waals surface area contributed by atoms with Gasteiger partial charge in [-0.05, 0) is 25.8 Å². The zero-order valence-corrected chi connectivity index (χ0v) is 10.5. The molecule has 1 amide bonds. The summed E-state index contributed by atoms with van der Waals surface area (Å²) < 4.78 is 5.31. The van der Waals surface area contributed by atoms with E-state index in [1.54, 1.807) is 0 Å². The second-order valence-electron chi connectivity index (χ2n) is 4.43. The highest BCUT2D eigenvalue weighted by Gasteiger charge is 2.18. The maximum absolute atomic E-state index is 11.7. The van der Waals surface area contributed by atoms with Crippen LogP contribution in [0.3, 0.4) is 0 Å². The van der Waals surface area contributed by atoms with Crippen molar-refractivity contribution in [3.8, 4) is 0 Å². The van der Waals surface area contributed by atoms with Gasteiger partial charge in [0.15, 0.2) is 0 Å². The Balaban J connectivity index is 2.09. The molecule has 0 bridgehead atoms. The Morgan fingerprint density at radius 1 is 1.50 bits per heavy atom. The molecule has 0 aromatic carbocycles. The lowest BCUT2D eigenvalue weighted by Gasteiger charge is -2.21. The lowest BCUT2D eigenvalue weighted by atomic mass is 10.2. The lowest BCUT2D eigenvalue weighted by Crippen LogP contribution is -2.38. The molecule has 1 aliphatic heterocycles. The summed E-state index contributed by atoms with van der Waals surface area (Å²) in [5, 5.41) is 3.39. The summed E-state index contributed by atoms with van der Waals surface area (Å²) in [4.78, 5) is 13.5. The SMILES string of the molecule is CCCOCCC(=O)N(C)CC1CCCN1. The van der Waals surface area contributed by atoms with Gasteiger partial charge in [0, 0.05) is 26.2 Å². The van der Waals surface area contributed by atoms with Crippen LogP contribution in [0.5, 0.6) is 0 Å². The number of nitrogens with zero attached hydrogens (tertiary/aromatic N) is 1. The van der Waals surface area contributed by atoms with Gasteiger partial charge in [-0.25, -0.2) is 0 Å². The first-order valence-corrected chi connectivity index (χ1v) is 6.29. The Morgan fingerprint density at radius 2 is 2.31 bits per heavy atom. The van der Waals surface area contributed by atoms with Gasteiger partial charge in [0.1, 0.15) is 0 Å². The molecule has 1 rings (SSSR count). The molecule has 1 heterocycles. The Morgan fingerprint density at radius 3 is 2.94 bits per heavy atom. The molecule has 1 fully saturated rings. The predicted molar refractivity (Wildman–Crippen MR) is 64.4 cm³/mol. The van der Waals surface area contributed by atoms with Gasteiger partial charge in [0.05, 0.1) is 13.0 Å². The molecule has 0 spiro atoms. The van der Waals surface area contributed by atoms with E-state index in [1.807, 2.05) is 11.9 Å². The first kappa shape index (κ1) is 13.5. The Kier molecular flexibility index (Phi) is 6.42. The number of hydrogen-bond donors (Lipinski definition) is 1. The monoisotopic (exact) mass is 228 g/mol. The first-order chi connectivity index (χ1) is 7.74. The van der Waals surface area contributed by atoms with Crippen LogP contribution in [0.2, 0.25) is 0 Å². The van der Waals surface area contributed by atoms with Crippen molar-refractivity contribution in [1.29, 1.82) is 0 Å². The van der Waals surface area contributed by atoms with Crippen molar-refractivity contribution in [2.24, 2.45) is 0 Å². The average Bonchev–Trinajstić information content (AvgIpc) is 2.76. The van der Waals surface area contributed by atoms with Crippen molar-refractivity contribution in [3.63, 3.8) is 0 Å². The van der Waals surface area contributed by atoms with Crippen LogP contribution in [0, 0.1) is 0 Å². The van der Waals surface area contributed by atoms with E-state index in [9.17, 15) is 4.79 Å². The summed E-state index contributed by atoms with van der Waals surface area (Å²) in [6, 6.07) is 0.491. The smallest absolute Gasteiger partial charge is 0.224 e. The van der Waals surface area contributed by atoms with Gasteiger partial charge in [-0.15, -0.1) is 0 Å². The quantitative estimate of drug-likeness (QED) is 0.661. The maximum atomic E-state index is 11.7. The van der Waals surface area contributed by atoms with Crippen LogP contribution >= 0.6 is 0 Å². The van der Waals surface area contributed by atoms with Crippen LogP contribution in [0.15, 0.2) is 0 Å². The number of hydrogen-bond acceptors (Lipinski definition) is 3. The molecule has 1 atom stereocenters. The van der Waals surface area contributed by atoms with Crippen LogP contribution in [0.25, 0.3) is 0 Å². The fourth-order valence-corrected chi connectivity index (χ4v) is 1.94. The number of carbonyl (C=O) groups excluding carboxylic acids is 1. The van der Waals surface area contributed by atoms with Crippen LogP contribution in [-0.4, -0.2) is 50.2 Å². The molecule has 0 radical (unpaired) electrons. The highest BCUT2D eigenvalue weighted by molar-refractivity contribution is 5.75. The number of likely N-dealkylation sites (N-methyl/N-ethyl adjacent to an activating group) is 1. The Labute approximate surface area is 98.3 Å². The largest absolute Gasteiger partial charge is 0.381 e. The second kappa shape index (κ2) is 7.63. The Hall–Kier alpha value is -0.610. The number of nitrogens with one attached hydrogen (secondary N) is 1. The average molecular weight is 228 g/mol. The maximum Gasteiger partial charge on any atom is 0.224 e. The standard InChI is InChI=1S/C12H24N2O2/c1-3-8-16-9-6-12(15)14(2)10-11-5-4-7-13-11/h11,13H,3-10H2,1-2H3. The number of rotatable bonds is 7. The Bertz CT molecular complexity index is 203. The third kappa shape index (κ3) is 4.94. The molecule has 4 nitrogen and oxygen atoms in total. The fourth-order valence-electron chi connectivity index (χ4n) is 1.94. The number of carbonyl (C=O) groups is 1. The summed E-state index contributed by atoms with van der Waals surface area (Å²) in [7, 11) is 1.88. The van der Waals surface area contributed by atoms with E-state index in [4.69, 9.17) is 4.74 Å². The third-order valence-corrected chi connectivity index (χ3v) is 2.89. The minimum Gasteiger partial charge on any atom is -0.381 e. The summed E-state index contributed by atoms with van der Waals surface area (Å²) in [5.74, 6) is 0.185. The van der Waals surface area contributed by atoms with Gasteiger partial charge in [-0.3, -0.25) is 4.79 Å². The van der Waals surface area contributed by atoms with Gasteiger partial charge in [0.25, 0.3) is 0 Å². The van der Waals surface area contributed by atoms with Crippen molar-refractivity contribution in [3.05, 3.63) is 0 Å². The molecule has 0 aliphatic carbocycles. The molecule has 0 aromatic heterocycles. The molecule has 1 unspecified atom stereocenters. The van der Waals surface area contributed by atoms with Gasteiger partial charge in [-0.1, -0.05) is 6.92 Å². The normalized spacial score (nSPS) is 20.0. The van der Waals surface area contributed by atoms with Crippen molar-refractivity contribution < 1.29 is 9.53 Å². The topological polar surface area (TPSA) is 41.6 Å². The molecule has 94 valence electrons. The van der Waals surface area contributed by atoms with Gasteiger partial charge in [0.2, 0.25) is 5.91 Å². The molecule has 1 aliphatic rings. The zero-order chi connectivity index (χ0) is 11.8. The van der Waals surface area contributed by atoms with Crippen LogP contribution in [-0.2, 0) is 9.53 Å². The highest BCUT2D eigenvalue weighted by atomic mass is 16.5. The zero-order valence-electron chi connectivity index (χ0n) is 10.5. The summed E-state index contributed by atoms with van der Waals surface area (Å²) in [6.45, 7) is 5.29. The van der Waals surface area contributed by atoms with Crippen molar-refractivity contribution >= 4 is 5.91 Å². The van der Waals surface area contributed by atoms with E-state index in [0.29, 0.717) is 19.1 Å². The molecule has 0 saturated carbocycles. The summed E-state index contributed by atoms with van der Waals surface area (Å²) in [5.41, 5.74) is 0. The second-order valence-corrected chi connectivity index (χ2v) is 4.43. The van der Waals surface area contributed by atoms with Crippen molar-refractivity contribution in [1.82, 2.24) is 10.2 Å². The molecule has 0 aromatic rings. The molecule has 1 saturated heterocycles. The van der Waals surface area contributed by atoms with Gasteiger partial charge >= 0.3 is 0 Å². The van der Waals surface area contributed by atoms with E-state index in [2.05, 4.69) is 12.2 Å². The first-order valence-electron chi connectivity index (χ1n) is 6.29. The minimum atomic E-state index is 0.185. The number of amides is 1. The van der Waals surface area contributed by atoms with Crippen LogP contribution in [0.4, 0.5) is 0 Å². The summed E-state index contributed by atoms with van der Waals surface area (Å²) >= 11 is 0. The molecule has 16 heavy (non-hydrogen) atoms. The fraction of sp³-hybridized carbons (Fsp3) is 0.917. The lowest BCUT2D eigenvalue weighted by molar-refractivity contribution is -0.131. The number of ether oxygens (including phenoxy) is 1. The van der Waals surface area contributed by atoms with E-state index in [-0.39, 0.29) is 5.91 Å². The predicted octanol–water partition coefficient (Wildman–Crippen LogP) is 1.01. The summed E-state index contributed by atoms with van der Waals surface area (Å²) in [6.07, 6.45) is 3.93.